The van der Waals surface area contributed by atoms with Crippen LogP contribution in [0.2, 0.25) is 0 Å². The molecule has 2 heterocycles. The second kappa shape index (κ2) is 6.86. The van der Waals surface area contributed by atoms with Gasteiger partial charge in [-0.2, -0.15) is 18.3 Å². The Hall–Kier alpha value is -2.90. The fraction of sp³-hybridized carbons (Fsp3) is 0.381. The summed E-state index contributed by atoms with van der Waals surface area (Å²) in [5.74, 6) is -0.320. The summed E-state index contributed by atoms with van der Waals surface area (Å²) in [5.41, 5.74) is 2.65. The predicted molar refractivity (Wildman–Crippen MR) is 104 cm³/mol. The summed E-state index contributed by atoms with van der Waals surface area (Å²) in [6, 6.07) is 6.79. The minimum Gasteiger partial charge on any atom is -0.324 e. The zero-order valence-electron chi connectivity index (χ0n) is 16.4. The van der Waals surface area contributed by atoms with Gasteiger partial charge in [0.2, 0.25) is 5.91 Å². The number of hydrogen-bond acceptors (Lipinski definition) is 3. The molecule has 5 nitrogen and oxygen atoms in total. The molecule has 3 aromatic rings. The Kier molecular flexibility index (Phi) is 4.59. The van der Waals surface area contributed by atoms with Crippen molar-refractivity contribution in [3.63, 3.8) is 0 Å². The van der Waals surface area contributed by atoms with Crippen molar-refractivity contribution in [3.8, 4) is 0 Å². The SMILES string of the molecule is Cc1cc(C)cc(NC(=O)Cn2nc(C)c3c(C(F)(F)F)cc(C4CC4)nc32)c1. The molecule has 4 rings (SSSR count). The molecule has 1 N–H and O–H groups in total. The van der Waals surface area contributed by atoms with Crippen LogP contribution in [0.5, 0.6) is 0 Å². The number of benzene rings is 1. The highest BCUT2D eigenvalue weighted by molar-refractivity contribution is 5.92. The molecule has 152 valence electrons. The quantitative estimate of drug-likeness (QED) is 0.676. The second-order valence-electron chi connectivity index (χ2n) is 7.73. The Labute approximate surface area is 165 Å². The third-order valence-corrected chi connectivity index (χ3v) is 5.00. The summed E-state index contributed by atoms with van der Waals surface area (Å²) in [7, 11) is 0. The Morgan fingerprint density at radius 2 is 1.79 bits per heavy atom. The highest BCUT2D eigenvalue weighted by Crippen LogP contribution is 2.43. The van der Waals surface area contributed by atoms with Crippen molar-refractivity contribution in [2.45, 2.75) is 52.3 Å². The lowest BCUT2D eigenvalue weighted by Crippen LogP contribution is -2.20. The van der Waals surface area contributed by atoms with Gasteiger partial charge in [-0.25, -0.2) is 9.67 Å². The monoisotopic (exact) mass is 402 g/mol. The van der Waals surface area contributed by atoms with Crippen LogP contribution in [0.4, 0.5) is 18.9 Å². The Morgan fingerprint density at radius 1 is 1.14 bits per heavy atom. The van der Waals surface area contributed by atoms with E-state index in [2.05, 4.69) is 15.4 Å². The summed E-state index contributed by atoms with van der Waals surface area (Å²) >= 11 is 0. The van der Waals surface area contributed by atoms with E-state index in [1.54, 1.807) is 0 Å². The van der Waals surface area contributed by atoms with Gasteiger partial charge in [-0.3, -0.25) is 4.79 Å². The first-order valence-electron chi connectivity index (χ1n) is 9.45. The minimum atomic E-state index is -4.51. The fourth-order valence-electron chi connectivity index (χ4n) is 3.68. The maximum Gasteiger partial charge on any atom is 0.417 e. The molecule has 1 fully saturated rings. The average Bonchev–Trinajstić information content (AvgIpc) is 3.39. The molecule has 0 bridgehead atoms. The highest BCUT2D eigenvalue weighted by atomic mass is 19.4. The van der Waals surface area contributed by atoms with E-state index in [1.165, 1.54) is 11.6 Å². The second-order valence-corrected chi connectivity index (χ2v) is 7.73. The van der Waals surface area contributed by atoms with Crippen molar-refractivity contribution >= 4 is 22.6 Å². The van der Waals surface area contributed by atoms with Crippen molar-refractivity contribution in [2.75, 3.05) is 5.32 Å². The summed E-state index contributed by atoms with van der Waals surface area (Å²) in [6.45, 7) is 5.15. The number of amides is 1. The summed E-state index contributed by atoms with van der Waals surface area (Å²) < 4.78 is 42.2. The molecule has 0 radical (unpaired) electrons. The molecule has 8 heteroatoms. The lowest BCUT2D eigenvalue weighted by molar-refractivity contribution is -0.136. The van der Waals surface area contributed by atoms with Crippen molar-refractivity contribution < 1.29 is 18.0 Å². The number of nitrogens with one attached hydrogen (secondary N) is 1. The summed E-state index contributed by atoms with van der Waals surface area (Å²) in [5, 5.41) is 6.94. The van der Waals surface area contributed by atoms with E-state index in [0.29, 0.717) is 11.4 Å². The van der Waals surface area contributed by atoms with E-state index in [9.17, 15) is 18.0 Å². The van der Waals surface area contributed by atoms with Gasteiger partial charge >= 0.3 is 6.18 Å². The number of halogens is 3. The molecule has 0 saturated heterocycles. The predicted octanol–water partition coefficient (Wildman–Crippen LogP) is 4.89. The van der Waals surface area contributed by atoms with Gasteiger partial charge in [0, 0.05) is 17.3 Å². The Balaban J connectivity index is 1.70. The van der Waals surface area contributed by atoms with E-state index in [-0.39, 0.29) is 35.1 Å². The van der Waals surface area contributed by atoms with Crippen LogP contribution in [0.1, 0.15) is 46.8 Å². The van der Waals surface area contributed by atoms with Crippen LogP contribution in [0.3, 0.4) is 0 Å². The standard InChI is InChI=1S/C21H21F3N4O/c1-11-6-12(2)8-15(7-11)25-18(29)10-28-20-19(13(3)27-28)16(21(22,23)24)9-17(26-20)14-4-5-14/h6-9,14H,4-5,10H2,1-3H3,(H,25,29). The largest absolute Gasteiger partial charge is 0.417 e. The third kappa shape index (κ3) is 3.97. The molecular formula is C21H21F3N4O. The van der Waals surface area contributed by atoms with Gasteiger partial charge in [-0.15, -0.1) is 0 Å². The van der Waals surface area contributed by atoms with Gasteiger partial charge in [0.05, 0.1) is 16.6 Å². The van der Waals surface area contributed by atoms with Crippen molar-refractivity contribution in [2.24, 2.45) is 0 Å². The number of rotatable bonds is 4. The van der Waals surface area contributed by atoms with Gasteiger partial charge in [-0.1, -0.05) is 6.07 Å². The van der Waals surface area contributed by atoms with Gasteiger partial charge in [0.25, 0.3) is 0 Å². The number of alkyl halides is 3. The molecule has 0 spiro atoms. The number of aryl methyl sites for hydroxylation is 3. The molecule has 2 aromatic heterocycles. The number of hydrogen-bond donors (Lipinski definition) is 1. The lowest BCUT2D eigenvalue weighted by Gasteiger charge is -2.11. The topological polar surface area (TPSA) is 59.8 Å². The number of pyridine rings is 1. The zero-order valence-corrected chi connectivity index (χ0v) is 16.4. The number of carbonyl (C=O) groups excluding carboxylic acids is 1. The third-order valence-electron chi connectivity index (χ3n) is 5.00. The molecular weight excluding hydrogens is 381 g/mol. The lowest BCUT2D eigenvalue weighted by atomic mass is 10.1. The highest BCUT2D eigenvalue weighted by Gasteiger charge is 2.37. The molecule has 0 aliphatic heterocycles. The first-order valence-corrected chi connectivity index (χ1v) is 9.45. The number of fused-ring (bicyclic) bond motifs is 1. The van der Waals surface area contributed by atoms with Crippen LogP contribution in [0.15, 0.2) is 24.3 Å². The fourth-order valence-corrected chi connectivity index (χ4v) is 3.68. The van der Waals surface area contributed by atoms with Gasteiger partial charge in [0.1, 0.15) is 6.54 Å². The first-order chi connectivity index (χ1) is 13.6. The maximum absolute atomic E-state index is 13.7. The van der Waals surface area contributed by atoms with Gasteiger partial charge < -0.3 is 5.32 Å². The van der Waals surface area contributed by atoms with Crippen molar-refractivity contribution in [1.29, 1.82) is 0 Å². The molecule has 1 saturated carbocycles. The van der Waals surface area contributed by atoms with Crippen LogP contribution < -0.4 is 5.32 Å². The number of carbonyl (C=O) groups is 1. The first kappa shape index (κ1) is 19.4. The van der Waals surface area contributed by atoms with E-state index >= 15 is 0 Å². The van der Waals surface area contributed by atoms with Crippen LogP contribution >= 0.6 is 0 Å². The van der Waals surface area contributed by atoms with Crippen LogP contribution in [0.25, 0.3) is 11.0 Å². The molecule has 0 atom stereocenters. The molecule has 29 heavy (non-hydrogen) atoms. The van der Waals surface area contributed by atoms with Gasteiger partial charge in [0.15, 0.2) is 5.65 Å². The van der Waals surface area contributed by atoms with Crippen LogP contribution in [-0.4, -0.2) is 20.7 Å². The molecule has 1 amide bonds. The maximum atomic E-state index is 13.7. The number of anilines is 1. The molecule has 1 aliphatic carbocycles. The van der Waals surface area contributed by atoms with Crippen molar-refractivity contribution in [3.05, 3.63) is 52.3 Å². The Morgan fingerprint density at radius 3 is 2.38 bits per heavy atom. The zero-order chi connectivity index (χ0) is 20.9. The molecule has 0 unspecified atom stereocenters. The van der Waals surface area contributed by atoms with Gasteiger partial charge in [-0.05, 0) is 62.9 Å². The van der Waals surface area contributed by atoms with E-state index in [0.717, 1.165) is 30.0 Å². The summed E-state index contributed by atoms with van der Waals surface area (Å²) in [4.78, 5) is 17.0. The number of nitrogens with zero attached hydrogens (tertiary/aromatic N) is 3. The van der Waals surface area contributed by atoms with E-state index in [4.69, 9.17) is 0 Å². The van der Waals surface area contributed by atoms with Crippen LogP contribution in [-0.2, 0) is 17.5 Å². The van der Waals surface area contributed by atoms with E-state index in [1.807, 2.05) is 32.0 Å². The molecule has 1 aliphatic rings. The molecule has 1 aromatic carbocycles. The average molecular weight is 402 g/mol. The number of aromatic nitrogens is 3. The van der Waals surface area contributed by atoms with Crippen molar-refractivity contribution in [1.82, 2.24) is 14.8 Å². The van der Waals surface area contributed by atoms with Crippen LogP contribution in [0, 0.1) is 20.8 Å². The Bertz CT molecular complexity index is 1090. The minimum absolute atomic E-state index is 0.0406. The normalized spacial score (nSPS) is 14.4. The summed E-state index contributed by atoms with van der Waals surface area (Å²) in [6.07, 6.45) is -2.85. The smallest absolute Gasteiger partial charge is 0.324 e. The van der Waals surface area contributed by atoms with E-state index < -0.39 is 11.7 Å².